The van der Waals surface area contributed by atoms with Crippen LogP contribution in [0.4, 0.5) is 5.82 Å². The van der Waals surface area contributed by atoms with Gasteiger partial charge in [-0.3, -0.25) is 14.7 Å². The Kier molecular flexibility index (Phi) is 5.34. The molecule has 0 fully saturated rings. The van der Waals surface area contributed by atoms with Crippen LogP contribution in [0.3, 0.4) is 0 Å². The molecule has 0 bridgehead atoms. The number of hydrogen-bond donors (Lipinski definition) is 2. The summed E-state index contributed by atoms with van der Waals surface area (Å²) in [4.78, 5) is 34.5. The molecular formula is C23H18ClN7O3. The summed E-state index contributed by atoms with van der Waals surface area (Å²) in [5.74, 6) is 0.667. The highest BCUT2D eigenvalue weighted by atomic mass is 35.5. The summed E-state index contributed by atoms with van der Waals surface area (Å²) < 4.78 is 8.28. The number of rotatable bonds is 5. The van der Waals surface area contributed by atoms with Crippen molar-refractivity contribution in [2.24, 2.45) is 0 Å². The molecule has 0 aliphatic rings. The van der Waals surface area contributed by atoms with E-state index < -0.39 is 5.91 Å². The molecule has 0 spiro atoms. The van der Waals surface area contributed by atoms with Crippen LogP contribution in [0, 0.1) is 6.92 Å². The molecule has 0 unspecified atom stereocenters. The molecule has 34 heavy (non-hydrogen) atoms. The van der Waals surface area contributed by atoms with Crippen molar-refractivity contribution in [3.8, 4) is 17.1 Å². The number of nitrogens with one attached hydrogen (secondary N) is 1. The van der Waals surface area contributed by atoms with Crippen molar-refractivity contribution < 1.29 is 9.53 Å². The van der Waals surface area contributed by atoms with Crippen molar-refractivity contribution in [3.63, 3.8) is 0 Å². The summed E-state index contributed by atoms with van der Waals surface area (Å²) in [5, 5.41) is 7.16. The molecule has 3 heterocycles. The van der Waals surface area contributed by atoms with Gasteiger partial charge in [0.25, 0.3) is 17.2 Å². The number of H-pyrrole nitrogens is 1. The summed E-state index contributed by atoms with van der Waals surface area (Å²) in [6, 6.07) is 17.2. The number of carbonyl (C=O) groups excluding carboxylic acids is 1. The molecule has 170 valence electrons. The number of nitrogens with two attached hydrogens (primary N) is 1. The fourth-order valence-electron chi connectivity index (χ4n) is 3.52. The van der Waals surface area contributed by atoms with Gasteiger partial charge in [-0.2, -0.15) is 14.2 Å². The van der Waals surface area contributed by atoms with Gasteiger partial charge in [0.1, 0.15) is 23.7 Å². The van der Waals surface area contributed by atoms with E-state index in [9.17, 15) is 9.59 Å². The maximum Gasteiger partial charge on any atom is 0.283 e. The lowest BCUT2D eigenvalue weighted by atomic mass is 10.2. The summed E-state index contributed by atoms with van der Waals surface area (Å²) in [6.07, 6.45) is 0. The Labute approximate surface area is 197 Å². The van der Waals surface area contributed by atoms with E-state index in [1.54, 1.807) is 31.2 Å². The maximum atomic E-state index is 13.1. The zero-order chi connectivity index (χ0) is 23.8. The molecule has 0 atom stereocenters. The van der Waals surface area contributed by atoms with Crippen LogP contribution in [0.1, 0.15) is 21.7 Å². The predicted molar refractivity (Wildman–Crippen MR) is 126 cm³/mol. The summed E-state index contributed by atoms with van der Waals surface area (Å²) in [6.45, 7) is 1.62. The third-order valence-corrected chi connectivity index (χ3v) is 5.41. The number of ether oxygens (including phenoxy) is 1. The molecule has 3 aromatic heterocycles. The zero-order valence-corrected chi connectivity index (χ0v) is 18.7. The lowest BCUT2D eigenvalue weighted by Gasteiger charge is -2.12. The number of nitrogens with zero attached hydrogens (tertiary/aromatic N) is 5. The Morgan fingerprint density at radius 2 is 1.91 bits per heavy atom. The van der Waals surface area contributed by atoms with Gasteiger partial charge in [0.2, 0.25) is 0 Å². The van der Waals surface area contributed by atoms with E-state index in [1.807, 2.05) is 30.3 Å². The Hall–Kier alpha value is -4.44. The van der Waals surface area contributed by atoms with Crippen LogP contribution in [0.25, 0.3) is 17.2 Å². The van der Waals surface area contributed by atoms with E-state index in [1.165, 1.54) is 10.6 Å². The molecule has 11 heteroatoms. The number of hydrogen-bond acceptors (Lipinski definition) is 7. The highest BCUT2D eigenvalue weighted by Gasteiger charge is 2.21. The molecule has 0 aliphatic carbocycles. The van der Waals surface area contributed by atoms with E-state index in [0.717, 1.165) is 10.2 Å². The first-order valence-corrected chi connectivity index (χ1v) is 10.6. The SMILES string of the molecule is Cc1cc(N)nn1C(=O)c1c(Cl)cccc1OCc1cc(=O)n2[nH]c(-c3ccccc3)nc2n1. The van der Waals surface area contributed by atoms with Crippen molar-refractivity contribution in [3.05, 3.63) is 93.0 Å². The second-order valence-electron chi connectivity index (χ2n) is 7.49. The van der Waals surface area contributed by atoms with Gasteiger partial charge in [0.15, 0.2) is 5.82 Å². The fourth-order valence-corrected chi connectivity index (χ4v) is 3.77. The van der Waals surface area contributed by atoms with Gasteiger partial charge in [-0.1, -0.05) is 48.0 Å². The van der Waals surface area contributed by atoms with Crippen molar-refractivity contribution in [2.45, 2.75) is 13.5 Å². The number of carbonyl (C=O) groups is 1. The van der Waals surface area contributed by atoms with Crippen LogP contribution >= 0.6 is 11.6 Å². The van der Waals surface area contributed by atoms with Gasteiger partial charge in [-0.25, -0.2) is 4.98 Å². The third-order valence-electron chi connectivity index (χ3n) is 5.09. The van der Waals surface area contributed by atoms with Gasteiger partial charge in [0, 0.05) is 23.4 Å². The summed E-state index contributed by atoms with van der Waals surface area (Å²) >= 11 is 6.32. The Balaban J connectivity index is 1.45. The number of benzene rings is 2. The summed E-state index contributed by atoms with van der Waals surface area (Å²) in [5.41, 5.74) is 7.21. The fraction of sp³-hybridized carbons (Fsp3) is 0.0870. The first kappa shape index (κ1) is 21.4. The minimum absolute atomic E-state index is 0.0832. The number of aromatic nitrogens is 6. The molecule has 5 aromatic rings. The minimum atomic E-state index is -0.488. The average molecular weight is 476 g/mol. The first-order chi connectivity index (χ1) is 16.4. The number of halogens is 1. The molecule has 0 amide bonds. The van der Waals surface area contributed by atoms with Crippen LogP contribution in [-0.2, 0) is 6.61 Å². The minimum Gasteiger partial charge on any atom is -0.486 e. The molecule has 5 rings (SSSR count). The first-order valence-electron chi connectivity index (χ1n) is 10.2. The van der Waals surface area contributed by atoms with E-state index in [-0.39, 0.29) is 40.1 Å². The Bertz CT molecular complexity index is 1590. The van der Waals surface area contributed by atoms with Gasteiger partial charge in [-0.05, 0) is 19.1 Å². The Morgan fingerprint density at radius 3 is 2.65 bits per heavy atom. The van der Waals surface area contributed by atoms with Gasteiger partial charge < -0.3 is 10.5 Å². The van der Waals surface area contributed by atoms with Crippen molar-refractivity contribution in [2.75, 3.05) is 5.73 Å². The third kappa shape index (κ3) is 3.90. The van der Waals surface area contributed by atoms with Gasteiger partial charge in [-0.15, -0.1) is 5.10 Å². The highest BCUT2D eigenvalue weighted by molar-refractivity contribution is 6.34. The standard InChI is InChI=1S/C23H18ClN7O3/c1-13-10-18(25)28-30(13)22(33)20-16(24)8-5-9-17(20)34-12-15-11-19(32)31-23(26-15)27-21(29-31)14-6-3-2-4-7-14/h2-11H,12H2,1H3,(H2,25,28)(H,26,27,29). The normalized spacial score (nSPS) is 11.1. The number of anilines is 1. The topological polar surface area (TPSA) is 133 Å². The van der Waals surface area contributed by atoms with E-state index in [2.05, 4.69) is 20.2 Å². The largest absolute Gasteiger partial charge is 0.486 e. The Morgan fingerprint density at radius 1 is 1.12 bits per heavy atom. The van der Waals surface area contributed by atoms with Crippen LogP contribution in [0.15, 0.2) is 65.5 Å². The molecule has 2 aromatic carbocycles. The quantitative estimate of drug-likeness (QED) is 0.399. The van der Waals surface area contributed by atoms with Gasteiger partial charge in [0.05, 0.1) is 10.7 Å². The monoisotopic (exact) mass is 475 g/mol. The molecule has 10 nitrogen and oxygen atoms in total. The molecule has 0 saturated heterocycles. The lowest BCUT2D eigenvalue weighted by molar-refractivity contribution is 0.0938. The van der Waals surface area contributed by atoms with Crippen LogP contribution in [-0.4, -0.2) is 35.3 Å². The molecule has 3 N–H and O–H groups in total. The van der Waals surface area contributed by atoms with E-state index in [0.29, 0.717) is 17.2 Å². The number of aromatic amines is 1. The number of aryl methyl sites for hydroxylation is 1. The second kappa shape index (κ2) is 8.49. The van der Waals surface area contributed by atoms with Crippen LogP contribution < -0.4 is 16.0 Å². The van der Waals surface area contributed by atoms with Gasteiger partial charge >= 0.3 is 0 Å². The van der Waals surface area contributed by atoms with Crippen LogP contribution in [0.5, 0.6) is 5.75 Å². The number of fused-ring (bicyclic) bond motifs is 1. The van der Waals surface area contributed by atoms with Crippen LogP contribution in [0.2, 0.25) is 5.02 Å². The van der Waals surface area contributed by atoms with Crippen molar-refractivity contribution in [1.82, 2.24) is 29.4 Å². The zero-order valence-electron chi connectivity index (χ0n) is 17.9. The molecule has 0 aliphatic heterocycles. The number of nitrogen functional groups attached to an aromatic ring is 1. The van der Waals surface area contributed by atoms with E-state index >= 15 is 0 Å². The smallest absolute Gasteiger partial charge is 0.283 e. The summed E-state index contributed by atoms with van der Waals surface area (Å²) in [7, 11) is 0. The molecule has 0 saturated carbocycles. The van der Waals surface area contributed by atoms with Crippen molar-refractivity contribution in [1.29, 1.82) is 0 Å². The second-order valence-corrected chi connectivity index (χ2v) is 7.90. The predicted octanol–water partition coefficient (Wildman–Crippen LogP) is 3.09. The average Bonchev–Trinajstić information content (AvgIpc) is 3.41. The maximum absolute atomic E-state index is 13.1. The highest BCUT2D eigenvalue weighted by Crippen LogP contribution is 2.28. The van der Waals surface area contributed by atoms with Crippen molar-refractivity contribution >= 4 is 29.1 Å². The molecule has 0 radical (unpaired) electrons. The van der Waals surface area contributed by atoms with E-state index in [4.69, 9.17) is 22.1 Å². The lowest BCUT2D eigenvalue weighted by Crippen LogP contribution is -2.18. The molecular weight excluding hydrogens is 458 g/mol.